The van der Waals surface area contributed by atoms with Crippen LogP contribution in [-0.2, 0) is 19.5 Å². The molecule has 1 aliphatic heterocycles. The SMILES string of the molecule is NC(=O)c1c(NC(=O)c2ccc([N+](=O)[O-])o2)sc2c1CCN(C(=O)NCc1ccccc1)C2. The zero-order chi connectivity index (χ0) is 23.5. The van der Waals surface area contributed by atoms with Crippen LogP contribution in [0.25, 0.3) is 0 Å². The Balaban J connectivity index is 1.48. The van der Waals surface area contributed by atoms with Crippen molar-refractivity contribution in [1.29, 1.82) is 0 Å². The lowest BCUT2D eigenvalue weighted by molar-refractivity contribution is -0.402. The summed E-state index contributed by atoms with van der Waals surface area (Å²) in [7, 11) is 0. The second-order valence-corrected chi connectivity index (χ2v) is 8.34. The maximum atomic E-state index is 12.6. The van der Waals surface area contributed by atoms with E-state index in [1.54, 1.807) is 4.90 Å². The monoisotopic (exact) mass is 469 g/mol. The number of fused-ring (bicyclic) bond motifs is 1. The van der Waals surface area contributed by atoms with Crippen LogP contribution in [0.4, 0.5) is 15.7 Å². The lowest BCUT2D eigenvalue weighted by atomic mass is 10.0. The first-order valence-corrected chi connectivity index (χ1v) is 10.7. The van der Waals surface area contributed by atoms with E-state index in [1.807, 2.05) is 30.3 Å². The van der Waals surface area contributed by atoms with E-state index >= 15 is 0 Å². The average Bonchev–Trinajstić information content (AvgIpc) is 3.42. The van der Waals surface area contributed by atoms with Crippen LogP contribution in [0.2, 0.25) is 0 Å². The summed E-state index contributed by atoms with van der Waals surface area (Å²) in [6.07, 6.45) is 0.394. The molecule has 170 valence electrons. The van der Waals surface area contributed by atoms with Crippen LogP contribution in [-0.4, -0.2) is 34.2 Å². The quantitative estimate of drug-likeness (QED) is 0.371. The zero-order valence-corrected chi connectivity index (χ0v) is 18.0. The Kier molecular flexibility index (Phi) is 6.09. The first kappa shape index (κ1) is 22.0. The molecule has 0 saturated heterocycles. The average molecular weight is 469 g/mol. The number of anilines is 1. The molecule has 11 nitrogen and oxygen atoms in total. The van der Waals surface area contributed by atoms with Crippen molar-refractivity contribution in [1.82, 2.24) is 10.2 Å². The van der Waals surface area contributed by atoms with Gasteiger partial charge in [-0.1, -0.05) is 30.3 Å². The van der Waals surface area contributed by atoms with Crippen LogP contribution in [0, 0.1) is 10.1 Å². The molecule has 0 radical (unpaired) electrons. The molecule has 0 aliphatic carbocycles. The van der Waals surface area contributed by atoms with Crippen LogP contribution < -0.4 is 16.4 Å². The maximum Gasteiger partial charge on any atom is 0.433 e. The number of thiophene rings is 1. The number of furan rings is 1. The standard InChI is InChI=1S/C21H19N5O6S/c22-18(27)17-13-8-9-25(21(29)23-10-12-4-2-1-3-5-12)11-15(13)33-20(17)24-19(28)14-6-7-16(32-14)26(30)31/h1-7H,8-11H2,(H2,22,27)(H,23,29)(H,24,28). The first-order valence-electron chi connectivity index (χ1n) is 9.90. The normalized spacial score (nSPS) is 12.7. The first-order chi connectivity index (χ1) is 15.8. The van der Waals surface area contributed by atoms with Crippen molar-refractivity contribution in [2.45, 2.75) is 19.5 Å². The van der Waals surface area contributed by atoms with Gasteiger partial charge in [0.05, 0.1) is 18.2 Å². The highest BCUT2D eigenvalue weighted by Crippen LogP contribution is 2.37. The van der Waals surface area contributed by atoms with E-state index in [9.17, 15) is 24.5 Å². The van der Waals surface area contributed by atoms with Crippen LogP contribution in [0.1, 0.15) is 36.9 Å². The van der Waals surface area contributed by atoms with Crippen molar-refractivity contribution in [2.24, 2.45) is 5.73 Å². The number of nitrogens with one attached hydrogen (secondary N) is 2. The molecule has 0 unspecified atom stereocenters. The van der Waals surface area contributed by atoms with E-state index in [-0.39, 0.29) is 28.9 Å². The molecule has 4 N–H and O–H groups in total. The Morgan fingerprint density at radius 2 is 1.94 bits per heavy atom. The fourth-order valence-electron chi connectivity index (χ4n) is 3.52. The molecule has 12 heteroatoms. The number of nitrogens with zero attached hydrogens (tertiary/aromatic N) is 2. The van der Waals surface area contributed by atoms with Gasteiger partial charge in [-0.05, 0) is 23.6 Å². The number of carbonyl (C=O) groups excluding carboxylic acids is 3. The van der Waals surface area contributed by atoms with Crippen LogP contribution in [0.5, 0.6) is 0 Å². The van der Waals surface area contributed by atoms with Crippen molar-refractivity contribution in [3.8, 4) is 0 Å². The minimum Gasteiger partial charge on any atom is -0.395 e. The van der Waals surface area contributed by atoms with Gasteiger partial charge < -0.3 is 25.7 Å². The third-order valence-corrected chi connectivity index (χ3v) is 6.23. The van der Waals surface area contributed by atoms with Gasteiger partial charge in [0, 0.05) is 18.0 Å². The molecule has 0 fully saturated rings. The zero-order valence-electron chi connectivity index (χ0n) is 17.2. The summed E-state index contributed by atoms with van der Waals surface area (Å²) in [5, 5.41) is 16.4. The van der Waals surface area contributed by atoms with Crippen LogP contribution in [0.15, 0.2) is 46.9 Å². The minimum atomic E-state index is -0.757. The Morgan fingerprint density at radius 1 is 1.18 bits per heavy atom. The number of primary amides is 1. The van der Waals surface area contributed by atoms with Gasteiger partial charge in [-0.3, -0.25) is 19.7 Å². The van der Waals surface area contributed by atoms with E-state index < -0.39 is 22.6 Å². The second-order valence-electron chi connectivity index (χ2n) is 7.24. The van der Waals surface area contributed by atoms with Gasteiger partial charge in [0.2, 0.25) is 0 Å². The van der Waals surface area contributed by atoms with Crippen LogP contribution in [0.3, 0.4) is 0 Å². The van der Waals surface area contributed by atoms with Gasteiger partial charge in [0.1, 0.15) is 9.92 Å². The minimum absolute atomic E-state index is 0.175. The third kappa shape index (κ3) is 4.70. The molecule has 2 aromatic heterocycles. The molecule has 4 amide bonds. The van der Waals surface area contributed by atoms with Crippen molar-refractivity contribution in [3.63, 3.8) is 0 Å². The molecule has 33 heavy (non-hydrogen) atoms. The fraction of sp³-hybridized carbons (Fsp3) is 0.190. The smallest absolute Gasteiger partial charge is 0.395 e. The summed E-state index contributed by atoms with van der Waals surface area (Å²) in [4.78, 5) is 49.6. The van der Waals surface area contributed by atoms with Crippen molar-refractivity contribution in [2.75, 3.05) is 11.9 Å². The summed E-state index contributed by atoms with van der Waals surface area (Å²) < 4.78 is 4.91. The fourth-order valence-corrected chi connectivity index (χ4v) is 4.79. The molecule has 3 aromatic rings. The summed E-state index contributed by atoms with van der Waals surface area (Å²) in [5.74, 6) is -2.31. The second kappa shape index (κ2) is 9.12. The highest BCUT2D eigenvalue weighted by atomic mass is 32.1. The molecule has 3 heterocycles. The summed E-state index contributed by atoms with van der Waals surface area (Å²) in [6, 6.07) is 11.5. The molecule has 0 saturated carbocycles. The van der Waals surface area contributed by atoms with E-state index in [2.05, 4.69) is 10.6 Å². The summed E-state index contributed by atoms with van der Waals surface area (Å²) in [5.41, 5.74) is 7.39. The lowest BCUT2D eigenvalue weighted by Crippen LogP contribution is -2.42. The molecule has 0 bridgehead atoms. The van der Waals surface area contributed by atoms with Gasteiger partial charge >= 0.3 is 11.9 Å². The number of hydrogen-bond acceptors (Lipinski definition) is 7. The van der Waals surface area contributed by atoms with Gasteiger partial charge in [-0.25, -0.2) is 4.79 Å². The maximum absolute atomic E-state index is 12.6. The Labute approximate surface area is 191 Å². The van der Waals surface area contributed by atoms with Gasteiger partial charge in [0.15, 0.2) is 5.76 Å². The van der Waals surface area contributed by atoms with E-state index in [4.69, 9.17) is 10.2 Å². The summed E-state index contributed by atoms with van der Waals surface area (Å²) in [6.45, 7) is 1.02. The number of urea groups is 1. The van der Waals surface area contributed by atoms with Gasteiger partial charge in [-0.2, -0.15) is 0 Å². The Morgan fingerprint density at radius 3 is 2.61 bits per heavy atom. The Bertz CT molecular complexity index is 1240. The number of rotatable bonds is 6. The molecule has 1 aliphatic rings. The van der Waals surface area contributed by atoms with E-state index in [1.165, 1.54) is 6.07 Å². The highest BCUT2D eigenvalue weighted by molar-refractivity contribution is 7.17. The third-order valence-electron chi connectivity index (χ3n) is 5.10. The van der Waals surface area contributed by atoms with Gasteiger partial charge in [-0.15, -0.1) is 11.3 Å². The predicted octanol–water partition coefficient (Wildman–Crippen LogP) is 2.87. The van der Waals surface area contributed by atoms with Crippen molar-refractivity contribution < 1.29 is 23.7 Å². The Hall–Kier alpha value is -4.19. The molecular weight excluding hydrogens is 450 g/mol. The highest BCUT2D eigenvalue weighted by Gasteiger charge is 2.30. The van der Waals surface area contributed by atoms with Crippen LogP contribution >= 0.6 is 11.3 Å². The number of nitrogens with two attached hydrogens (primary N) is 1. The molecular formula is C21H19N5O6S. The number of amides is 4. The number of hydrogen-bond donors (Lipinski definition) is 3. The summed E-state index contributed by atoms with van der Waals surface area (Å²) >= 11 is 1.13. The molecule has 4 rings (SSSR count). The number of benzene rings is 1. The number of carbonyl (C=O) groups is 3. The largest absolute Gasteiger partial charge is 0.433 e. The number of nitro groups is 1. The molecule has 0 atom stereocenters. The van der Waals surface area contributed by atoms with Gasteiger partial charge in [0.25, 0.3) is 11.8 Å². The lowest BCUT2D eigenvalue weighted by Gasteiger charge is -2.27. The van der Waals surface area contributed by atoms with Crippen molar-refractivity contribution >= 4 is 40.1 Å². The molecule has 1 aromatic carbocycles. The van der Waals surface area contributed by atoms with Crippen molar-refractivity contribution in [3.05, 3.63) is 79.9 Å². The van der Waals surface area contributed by atoms with E-state index in [0.29, 0.717) is 25.1 Å². The topological polar surface area (TPSA) is 161 Å². The molecule has 0 spiro atoms. The van der Waals surface area contributed by atoms with E-state index in [0.717, 1.165) is 27.8 Å². The predicted molar refractivity (Wildman–Crippen MR) is 119 cm³/mol.